The summed E-state index contributed by atoms with van der Waals surface area (Å²) in [6.07, 6.45) is 5.52. The summed E-state index contributed by atoms with van der Waals surface area (Å²) in [7, 11) is 0. The molecule has 3 rings (SSSR count). The van der Waals surface area contributed by atoms with Gasteiger partial charge in [-0.3, -0.25) is 4.79 Å². The number of nitrogens with one attached hydrogen (secondary N) is 1. The molecule has 0 aliphatic carbocycles. The minimum absolute atomic E-state index is 0.0290. The fraction of sp³-hybridized carbons (Fsp3) is 0.200. The second-order valence-electron chi connectivity index (χ2n) is 5.98. The van der Waals surface area contributed by atoms with Crippen LogP contribution in [0.1, 0.15) is 32.6 Å². The second-order valence-corrected chi connectivity index (χ2v) is 5.98. The number of aromatic nitrogens is 2. The molecule has 0 unspecified atom stereocenters. The monoisotopic (exact) mass is 319 g/mol. The zero-order chi connectivity index (χ0) is 16.9. The van der Waals surface area contributed by atoms with E-state index in [4.69, 9.17) is 0 Å². The SMILES string of the molecule is Cc1cccc(C(=O)NCc2ccc(Cn3ccnc3)cc2)c1C. The van der Waals surface area contributed by atoms with Gasteiger partial charge >= 0.3 is 0 Å². The van der Waals surface area contributed by atoms with Crippen molar-refractivity contribution in [1.29, 1.82) is 0 Å². The van der Waals surface area contributed by atoms with Gasteiger partial charge in [-0.05, 0) is 42.2 Å². The molecule has 0 bridgehead atoms. The molecule has 0 atom stereocenters. The summed E-state index contributed by atoms with van der Waals surface area (Å²) < 4.78 is 2.03. The van der Waals surface area contributed by atoms with Crippen molar-refractivity contribution in [2.24, 2.45) is 0 Å². The summed E-state index contributed by atoms with van der Waals surface area (Å²) in [6, 6.07) is 14.1. The highest BCUT2D eigenvalue weighted by Gasteiger charge is 2.09. The molecule has 0 saturated heterocycles. The van der Waals surface area contributed by atoms with Gasteiger partial charge in [-0.2, -0.15) is 0 Å². The molecule has 0 fully saturated rings. The predicted molar refractivity (Wildman–Crippen MR) is 94.9 cm³/mol. The maximum atomic E-state index is 12.3. The average molecular weight is 319 g/mol. The van der Waals surface area contributed by atoms with E-state index in [9.17, 15) is 4.79 Å². The molecular weight excluding hydrogens is 298 g/mol. The van der Waals surface area contributed by atoms with Crippen molar-refractivity contribution in [3.8, 4) is 0 Å². The van der Waals surface area contributed by atoms with Crippen LogP contribution in [0, 0.1) is 13.8 Å². The largest absolute Gasteiger partial charge is 0.348 e. The van der Waals surface area contributed by atoms with Gasteiger partial charge in [0, 0.05) is 31.0 Å². The molecule has 1 N–H and O–H groups in total. The standard InChI is InChI=1S/C20H21N3O/c1-15-4-3-5-19(16(15)2)20(24)22-12-17-6-8-18(9-7-17)13-23-11-10-21-14-23/h3-11,14H,12-13H2,1-2H3,(H,22,24). The molecule has 4 heteroatoms. The number of imidazole rings is 1. The zero-order valence-electron chi connectivity index (χ0n) is 14.0. The molecule has 24 heavy (non-hydrogen) atoms. The topological polar surface area (TPSA) is 46.9 Å². The van der Waals surface area contributed by atoms with E-state index in [2.05, 4.69) is 34.6 Å². The van der Waals surface area contributed by atoms with Crippen LogP contribution in [0.15, 0.2) is 61.2 Å². The van der Waals surface area contributed by atoms with Crippen LogP contribution in [-0.2, 0) is 13.1 Å². The zero-order valence-corrected chi connectivity index (χ0v) is 14.0. The van der Waals surface area contributed by atoms with E-state index in [-0.39, 0.29) is 5.91 Å². The Kier molecular flexibility index (Phi) is 4.75. The van der Waals surface area contributed by atoms with E-state index < -0.39 is 0 Å². The van der Waals surface area contributed by atoms with Gasteiger partial charge < -0.3 is 9.88 Å². The highest BCUT2D eigenvalue weighted by atomic mass is 16.1. The molecule has 0 aliphatic rings. The first-order chi connectivity index (χ1) is 11.6. The summed E-state index contributed by atoms with van der Waals surface area (Å²) in [4.78, 5) is 16.4. The van der Waals surface area contributed by atoms with Crippen molar-refractivity contribution in [1.82, 2.24) is 14.9 Å². The van der Waals surface area contributed by atoms with Gasteiger partial charge in [0.2, 0.25) is 0 Å². The third kappa shape index (κ3) is 3.71. The van der Waals surface area contributed by atoms with Gasteiger partial charge in [0.25, 0.3) is 5.91 Å². The molecule has 0 spiro atoms. The Morgan fingerprint density at radius 1 is 1.08 bits per heavy atom. The summed E-state index contributed by atoms with van der Waals surface area (Å²) in [5.74, 6) is -0.0290. The van der Waals surface area contributed by atoms with E-state index in [0.717, 1.165) is 28.8 Å². The average Bonchev–Trinajstić information content (AvgIpc) is 3.09. The number of carbonyl (C=O) groups excluding carboxylic acids is 1. The molecule has 0 aliphatic heterocycles. The molecule has 0 radical (unpaired) electrons. The summed E-state index contributed by atoms with van der Waals surface area (Å²) in [6.45, 7) is 5.33. The highest BCUT2D eigenvalue weighted by Crippen LogP contribution is 2.13. The second kappa shape index (κ2) is 7.13. The van der Waals surface area contributed by atoms with Gasteiger partial charge in [-0.25, -0.2) is 4.98 Å². The number of hydrogen-bond donors (Lipinski definition) is 1. The lowest BCUT2D eigenvalue weighted by atomic mass is 10.0. The van der Waals surface area contributed by atoms with Gasteiger partial charge in [0.15, 0.2) is 0 Å². The number of aryl methyl sites for hydroxylation is 1. The smallest absolute Gasteiger partial charge is 0.251 e. The Bertz CT molecular complexity index is 821. The first-order valence-electron chi connectivity index (χ1n) is 8.01. The van der Waals surface area contributed by atoms with E-state index in [1.807, 2.05) is 42.8 Å². The Morgan fingerprint density at radius 2 is 1.83 bits per heavy atom. The summed E-state index contributed by atoms with van der Waals surface area (Å²) in [5, 5.41) is 2.99. The first-order valence-corrected chi connectivity index (χ1v) is 8.01. The van der Waals surface area contributed by atoms with Crippen molar-refractivity contribution in [3.05, 3.63) is 89.0 Å². The van der Waals surface area contributed by atoms with Gasteiger partial charge in [-0.15, -0.1) is 0 Å². The van der Waals surface area contributed by atoms with Crippen LogP contribution in [0.3, 0.4) is 0 Å². The van der Waals surface area contributed by atoms with Crippen LogP contribution in [0.4, 0.5) is 0 Å². The number of nitrogens with zero attached hydrogens (tertiary/aromatic N) is 2. The summed E-state index contributed by atoms with van der Waals surface area (Å²) in [5.41, 5.74) is 5.20. The Labute approximate surface area is 142 Å². The third-order valence-corrected chi connectivity index (χ3v) is 4.25. The lowest BCUT2D eigenvalue weighted by Gasteiger charge is -2.10. The molecule has 2 aromatic carbocycles. The van der Waals surface area contributed by atoms with Gasteiger partial charge in [0.05, 0.1) is 6.33 Å². The van der Waals surface area contributed by atoms with Crippen molar-refractivity contribution in [2.75, 3.05) is 0 Å². The minimum atomic E-state index is -0.0290. The fourth-order valence-corrected chi connectivity index (χ4v) is 2.63. The van der Waals surface area contributed by atoms with Crippen LogP contribution in [0.25, 0.3) is 0 Å². The molecule has 1 aromatic heterocycles. The van der Waals surface area contributed by atoms with Crippen molar-refractivity contribution >= 4 is 5.91 Å². The number of benzene rings is 2. The molecular formula is C20H21N3O. The van der Waals surface area contributed by atoms with Crippen LogP contribution in [0.2, 0.25) is 0 Å². The van der Waals surface area contributed by atoms with Crippen molar-refractivity contribution in [3.63, 3.8) is 0 Å². The van der Waals surface area contributed by atoms with E-state index in [0.29, 0.717) is 6.54 Å². The Hall–Kier alpha value is -2.88. The van der Waals surface area contributed by atoms with Crippen molar-refractivity contribution < 1.29 is 4.79 Å². The maximum absolute atomic E-state index is 12.3. The molecule has 1 heterocycles. The van der Waals surface area contributed by atoms with E-state index in [1.54, 1.807) is 12.5 Å². The minimum Gasteiger partial charge on any atom is -0.348 e. The number of rotatable bonds is 5. The number of amides is 1. The van der Waals surface area contributed by atoms with Gasteiger partial charge in [0.1, 0.15) is 0 Å². The Balaban J connectivity index is 1.60. The highest BCUT2D eigenvalue weighted by molar-refractivity contribution is 5.95. The quantitative estimate of drug-likeness (QED) is 0.782. The summed E-state index contributed by atoms with van der Waals surface area (Å²) >= 11 is 0. The van der Waals surface area contributed by atoms with Gasteiger partial charge in [-0.1, -0.05) is 36.4 Å². The molecule has 0 saturated carbocycles. The van der Waals surface area contributed by atoms with E-state index >= 15 is 0 Å². The van der Waals surface area contributed by atoms with Crippen LogP contribution < -0.4 is 5.32 Å². The lowest BCUT2D eigenvalue weighted by Crippen LogP contribution is -2.23. The van der Waals surface area contributed by atoms with Crippen LogP contribution in [0.5, 0.6) is 0 Å². The maximum Gasteiger partial charge on any atom is 0.251 e. The van der Waals surface area contributed by atoms with Crippen LogP contribution in [-0.4, -0.2) is 15.5 Å². The number of hydrogen-bond acceptors (Lipinski definition) is 2. The van der Waals surface area contributed by atoms with Crippen molar-refractivity contribution in [2.45, 2.75) is 26.9 Å². The van der Waals surface area contributed by atoms with E-state index in [1.165, 1.54) is 5.56 Å². The number of carbonyl (C=O) groups is 1. The Morgan fingerprint density at radius 3 is 2.54 bits per heavy atom. The van der Waals surface area contributed by atoms with Crippen LogP contribution >= 0.6 is 0 Å². The molecule has 3 aromatic rings. The molecule has 4 nitrogen and oxygen atoms in total. The normalized spacial score (nSPS) is 10.6. The molecule has 1 amide bonds. The molecule has 122 valence electrons. The first kappa shape index (κ1) is 16.0. The third-order valence-electron chi connectivity index (χ3n) is 4.25. The fourth-order valence-electron chi connectivity index (χ4n) is 2.63. The predicted octanol–water partition coefficient (Wildman–Crippen LogP) is 3.48. The lowest BCUT2D eigenvalue weighted by molar-refractivity contribution is 0.0950.